The van der Waals surface area contributed by atoms with Gasteiger partial charge in [-0.15, -0.1) is 0 Å². The van der Waals surface area contributed by atoms with Crippen molar-refractivity contribution < 1.29 is 4.52 Å². The molecular weight excluding hydrogens is 202 g/mol. The Labute approximate surface area is 95.8 Å². The molecular formula is C12H19N3O. The lowest BCUT2D eigenvalue weighted by Crippen LogP contribution is -2.54. The first kappa shape index (κ1) is 10.3. The minimum absolute atomic E-state index is 0.404. The summed E-state index contributed by atoms with van der Waals surface area (Å²) in [4.78, 5) is 2.58. The maximum Gasteiger partial charge on any atom is 0.150 e. The molecule has 2 N–H and O–H groups in total. The second kappa shape index (κ2) is 4.18. The number of hydrogen-bond acceptors (Lipinski definition) is 4. The molecule has 1 aromatic rings. The van der Waals surface area contributed by atoms with Gasteiger partial charge < -0.3 is 10.3 Å². The van der Waals surface area contributed by atoms with Gasteiger partial charge >= 0.3 is 0 Å². The van der Waals surface area contributed by atoms with Crippen molar-refractivity contribution in [3.63, 3.8) is 0 Å². The van der Waals surface area contributed by atoms with Crippen LogP contribution in [0, 0.1) is 0 Å². The van der Waals surface area contributed by atoms with Crippen LogP contribution in [0.15, 0.2) is 16.8 Å². The maximum atomic E-state index is 6.10. The van der Waals surface area contributed by atoms with Gasteiger partial charge in [-0.2, -0.15) is 0 Å². The highest BCUT2D eigenvalue weighted by Gasteiger charge is 2.37. The molecule has 0 amide bonds. The Morgan fingerprint density at radius 1 is 1.38 bits per heavy atom. The molecule has 2 saturated heterocycles. The molecule has 2 unspecified atom stereocenters. The molecule has 0 aliphatic carbocycles. The van der Waals surface area contributed by atoms with Crippen LogP contribution in [0.4, 0.5) is 0 Å². The average Bonchev–Trinajstić information content (AvgIpc) is 2.72. The number of rotatable bonds is 2. The standard InChI is InChI=1S/C12H19N3O/c13-9-6-10-2-1-3-11(7-9)15(10)8-12-4-5-14-16-12/h4-5,9-11H,1-3,6-8,13H2. The molecule has 0 spiro atoms. The third kappa shape index (κ3) is 1.87. The summed E-state index contributed by atoms with van der Waals surface area (Å²) in [7, 11) is 0. The SMILES string of the molecule is NC1CC2CCCC(C1)N2Cc1ccno1. The van der Waals surface area contributed by atoms with E-state index in [9.17, 15) is 0 Å². The van der Waals surface area contributed by atoms with E-state index in [1.165, 1.54) is 19.3 Å². The van der Waals surface area contributed by atoms with E-state index in [2.05, 4.69) is 10.1 Å². The lowest BCUT2D eigenvalue weighted by atomic mass is 9.82. The zero-order valence-electron chi connectivity index (χ0n) is 9.51. The van der Waals surface area contributed by atoms with E-state index in [1.807, 2.05) is 6.07 Å². The van der Waals surface area contributed by atoms with E-state index < -0.39 is 0 Å². The molecule has 2 aliphatic heterocycles. The Morgan fingerprint density at radius 2 is 2.12 bits per heavy atom. The molecule has 3 rings (SSSR count). The quantitative estimate of drug-likeness (QED) is 0.822. The summed E-state index contributed by atoms with van der Waals surface area (Å²) in [6.45, 7) is 0.905. The zero-order valence-corrected chi connectivity index (χ0v) is 9.51. The van der Waals surface area contributed by atoms with Crippen molar-refractivity contribution in [2.24, 2.45) is 5.73 Å². The molecule has 0 aromatic carbocycles. The summed E-state index contributed by atoms with van der Waals surface area (Å²) < 4.78 is 5.21. The number of fused-ring (bicyclic) bond motifs is 2. The highest BCUT2D eigenvalue weighted by molar-refractivity contribution is 4.99. The van der Waals surface area contributed by atoms with E-state index in [1.54, 1.807) is 6.20 Å². The predicted molar refractivity (Wildman–Crippen MR) is 60.7 cm³/mol. The molecule has 4 nitrogen and oxygen atoms in total. The van der Waals surface area contributed by atoms with Crippen LogP contribution in [-0.2, 0) is 6.54 Å². The van der Waals surface area contributed by atoms with Crippen LogP contribution in [0.2, 0.25) is 0 Å². The van der Waals surface area contributed by atoms with Crippen molar-refractivity contribution in [2.45, 2.75) is 56.8 Å². The zero-order chi connectivity index (χ0) is 11.0. The molecule has 4 heteroatoms. The summed E-state index contributed by atoms with van der Waals surface area (Å²) >= 11 is 0. The molecule has 2 fully saturated rings. The normalized spacial score (nSPS) is 35.2. The molecule has 3 heterocycles. The van der Waals surface area contributed by atoms with Gasteiger partial charge in [0.1, 0.15) is 0 Å². The summed E-state index contributed by atoms with van der Waals surface area (Å²) in [5.41, 5.74) is 6.10. The van der Waals surface area contributed by atoms with Gasteiger partial charge in [-0.05, 0) is 25.7 Å². The Bertz CT molecular complexity index is 324. The van der Waals surface area contributed by atoms with E-state index in [0.29, 0.717) is 18.1 Å². The third-order valence-corrected chi connectivity index (χ3v) is 3.99. The van der Waals surface area contributed by atoms with Crippen LogP contribution < -0.4 is 5.73 Å². The van der Waals surface area contributed by atoms with Crippen LogP contribution >= 0.6 is 0 Å². The van der Waals surface area contributed by atoms with Crippen molar-refractivity contribution in [2.75, 3.05) is 0 Å². The van der Waals surface area contributed by atoms with E-state index >= 15 is 0 Å². The van der Waals surface area contributed by atoms with Gasteiger partial charge in [0.2, 0.25) is 0 Å². The first-order chi connectivity index (χ1) is 7.83. The first-order valence-corrected chi connectivity index (χ1v) is 6.24. The molecule has 0 saturated carbocycles. The molecule has 2 atom stereocenters. The Kier molecular flexibility index (Phi) is 2.69. The number of nitrogens with zero attached hydrogens (tertiary/aromatic N) is 2. The first-order valence-electron chi connectivity index (χ1n) is 6.24. The van der Waals surface area contributed by atoms with Gasteiger partial charge in [0, 0.05) is 24.2 Å². The molecule has 0 radical (unpaired) electrons. The number of hydrogen-bond donors (Lipinski definition) is 1. The maximum absolute atomic E-state index is 6.10. The van der Waals surface area contributed by atoms with Crippen molar-refractivity contribution in [1.29, 1.82) is 0 Å². The minimum atomic E-state index is 0.404. The second-order valence-electron chi connectivity index (χ2n) is 5.12. The topological polar surface area (TPSA) is 55.3 Å². The number of nitrogens with two attached hydrogens (primary N) is 1. The van der Waals surface area contributed by atoms with Crippen LogP contribution in [0.25, 0.3) is 0 Å². The monoisotopic (exact) mass is 221 g/mol. The van der Waals surface area contributed by atoms with Crippen molar-refractivity contribution >= 4 is 0 Å². The Hall–Kier alpha value is -0.870. The van der Waals surface area contributed by atoms with Gasteiger partial charge in [0.15, 0.2) is 5.76 Å². The molecule has 1 aromatic heterocycles. The van der Waals surface area contributed by atoms with Crippen molar-refractivity contribution in [1.82, 2.24) is 10.1 Å². The fraction of sp³-hybridized carbons (Fsp3) is 0.750. The third-order valence-electron chi connectivity index (χ3n) is 3.99. The van der Waals surface area contributed by atoms with Crippen LogP contribution in [-0.4, -0.2) is 28.2 Å². The van der Waals surface area contributed by atoms with Crippen LogP contribution in [0.5, 0.6) is 0 Å². The van der Waals surface area contributed by atoms with Gasteiger partial charge in [0.05, 0.1) is 12.7 Å². The summed E-state index contributed by atoms with van der Waals surface area (Å²) in [5.74, 6) is 0.979. The van der Waals surface area contributed by atoms with Gasteiger partial charge in [-0.1, -0.05) is 11.6 Å². The smallest absolute Gasteiger partial charge is 0.150 e. The van der Waals surface area contributed by atoms with E-state index in [4.69, 9.17) is 10.3 Å². The highest BCUT2D eigenvalue weighted by atomic mass is 16.5. The van der Waals surface area contributed by atoms with Gasteiger partial charge in [0.25, 0.3) is 0 Å². The summed E-state index contributed by atoms with van der Waals surface area (Å²) in [5, 5.41) is 3.77. The molecule has 2 aliphatic rings. The lowest BCUT2D eigenvalue weighted by Gasteiger charge is -2.47. The van der Waals surface area contributed by atoms with E-state index in [-0.39, 0.29) is 0 Å². The minimum Gasteiger partial charge on any atom is -0.360 e. The number of aromatic nitrogens is 1. The molecule has 16 heavy (non-hydrogen) atoms. The fourth-order valence-electron chi connectivity index (χ4n) is 3.28. The Balaban J connectivity index is 1.74. The number of piperidine rings is 2. The second-order valence-corrected chi connectivity index (χ2v) is 5.12. The lowest BCUT2D eigenvalue weighted by molar-refractivity contribution is 0.0179. The largest absolute Gasteiger partial charge is 0.360 e. The van der Waals surface area contributed by atoms with Gasteiger partial charge in [-0.3, -0.25) is 4.90 Å². The van der Waals surface area contributed by atoms with Gasteiger partial charge in [-0.25, -0.2) is 0 Å². The van der Waals surface area contributed by atoms with Crippen LogP contribution in [0.1, 0.15) is 37.9 Å². The molecule has 88 valence electrons. The van der Waals surface area contributed by atoms with E-state index in [0.717, 1.165) is 25.1 Å². The highest BCUT2D eigenvalue weighted by Crippen LogP contribution is 2.34. The van der Waals surface area contributed by atoms with Crippen LogP contribution in [0.3, 0.4) is 0 Å². The Morgan fingerprint density at radius 3 is 2.75 bits per heavy atom. The fourth-order valence-corrected chi connectivity index (χ4v) is 3.28. The summed E-state index contributed by atoms with van der Waals surface area (Å²) in [6, 6.07) is 3.69. The molecule has 2 bridgehead atoms. The average molecular weight is 221 g/mol. The summed E-state index contributed by atoms with van der Waals surface area (Å²) in [6.07, 6.45) is 7.95. The van der Waals surface area contributed by atoms with Crippen molar-refractivity contribution in [3.05, 3.63) is 18.0 Å². The van der Waals surface area contributed by atoms with Crippen molar-refractivity contribution in [3.8, 4) is 0 Å². The predicted octanol–water partition coefficient (Wildman–Crippen LogP) is 1.52.